The molecule has 0 aliphatic rings. The highest BCUT2D eigenvalue weighted by atomic mass is 16.4. The molecule has 0 radical (unpaired) electrons. The molecule has 39 heavy (non-hydrogen) atoms. The summed E-state index contributed by atoms with van der Waals surface area (Å²) in [6, 6.07) is 11.8. The molecule has 0 aliphatic carbocycles. The maximum absolute atomic E-state index is 10.4. The number of carboxylic acid groups (broad SMARTS) is 1. The van der Waals surface area contributed by atoms with E-state index >= 15 is 0 Å². The minimum atomic E-state index is -1.10. The van der Waals surface area contributed by atoms with E-state index in [9.17, 15) is 15.0 Å². The standard InChI is InChI=1S/C10H14O3.C9H11NO4.C9H12O3/c1-2-3-8(11)7-4-5-9(12)10(13)6-7;10-6(9(13)14)3-5-1-2-7(11)8(12)4-5;1-2-7(10)6-3-4-8(11)9(12)5-6/h4-6,8,11-13H,2-3H2,1H3;1-2,4,6,11-12H,3,10H2,(H,13,14);3-5,7,10-12H,2H2,1H3/t8-;6-;7-/m000/s1. The molecule has 0 saturated carbocycles. The molecular weight excluding hydrogens is 510 g/mol. The largest absolute Gasteiger partial charge is 0.504 e. The molecule has 3 aromatic rings. The van der Waals surface area contributed by atoms with Gasteiger partial charge in [-0.25, -0.2) is 0 Å². The van der Waals surface area contributed by atoms with Gasteiger partial charge in [0.05, 0.1) is 12.2 Å². The zero-order valence-corrected chi connectivity index (χ0v) is 21.8. The third kappa shape index (κ3) is 11.0. The Morgan fingerprint density at radius 3 is 1.51 bits per heavy atom. The summed E-state index contributed by atoms with van der Waals surface area (Å²) >= 11 is 0. The molecule has 0 unspecified atom stereocenters. The fraction of sp³-hybridized carbons (Fsp3) is 0.321. The number of phenolic OH excluding ortho intramolecular Hbond substituents is 6. The van der Waals surface area contributed by atoms with Crippen molar-refractivity contribution in [3.05, 3.63) is 71.3 Å². The number of hydrogen-bond donors (Lipinski definition) is 10. The lowest BCUT2D eigenvalue weighted by Gasteiger charge is -2.09. The Morgan fingerprint density at radius 1 is 0.692 bits per heavy atom. The van der Waals surface area contributed by atoms with E-state index < -0.39 is 24.2 Å². The first-order valence-electron chi connectivity index (χ1n) is 12.2. The second kappa shape index (κ2) is 15.9. The van der Waals surface area contributed by atoms with E-state index in [1.165, 1.54) is 42.5 Å². The van der Waals surface area contributed by atoms with Crippen molar-refractivity contribution in [3.8, 4) is 34.5 Å². The van der Waals surface area contributed by atoms with Crippen LogP contribution in [0.25, 0.3) is 0 Å². The van der Waals surface area contributed by atoms with Crippen molar-refractivity contribution in [2.45, 2.75) is 57.8 Å². The van der Waals surface area contributed by atoms with E-state index in [4.69, 9.17) is 41.5 Å². The number of aliphatic hydroxyl groups is 2. The molecule has 0 bridgehead atoms. The maximum atomic E-state index is 10.4. The molecule has 11 nitrogen and oxygen atoms in total. The van der Waals surface area contributed by atoms with Gasteiger partial charge in [-0.05, 0) is 72.4 Å². The van der Waals surface area contributed by atoms with Gasteiger partial charge in [0.2, 0.25) is 0 Å². The Labute approximate surface area is 226 Å². The summed E-state index contributed by atoms with van der Waals surface area (Å²) in [6.45, 7) is 3.82. The van der Waals surface area contributed by atoms with Crippen LogP contribution in [0.4, 0.5) is 0 Å². The fourth-order valence-electron chi connectivity index (χ4n) is 3.21. The first kappa shape index (κ1) is 32.8. The molecule has 11 N–H and O–H groups in total. The van der Waals surface area contributed by atoms with Crippen LogP contribution in [0.2, 0.25) is 0 Å². The lowest BCUT2D eigenvalue weighted by atomic mass is 10.0. The summed E-state index contributed by atoms with van der Waals surface area (Å²) in [5.74, 6) is -2.32. The van der Waals surface area contributed by atoms with Gasteiger partial charge in [-0.1, -0.05) is 38.5 Å². The number of carboxylic acids is 1. The molecule has 3 aromatic carbocycles. The quantitative estimate of drug-likeness (QED) is 0.184. The second-order valence-electron chi connectivity index (χ2n) is 8.70. The monoisotopic (exact) mass is 547 g/mol. The predicted molar refractivity (Wildman–Crippen MR) is 144 cm³/mol. The third-order valence-corrected chi connectivity index (χ3v) is 5.53. The Bertz CT molecular complexity index is 1200. The Hall–Kier alpha value is -4.19. The molecule has 0 amide bonds. The Balaban J connectivity index is 0.000000293. The number of benzene rings is 3. The van der Waals surface area contributed by atoms with Crippen LogP contribution in [0.15, 0.2) is 54.6 Å². The average molecular weight is 548 g/mol. The molecule has 214 valence electrons. The minimum absolute atomic E-state index is 0.114. The molecule has 0 aromatic heterocycles. The highest BCUT2D eigenvalue weighted by Gasteiger charge is 2.13. The first-order chi connectivity index (χ1) is 18.3. The molecule has 3 rings (SSSR count). The first-order valence-corrected chi connectivity index (χ1v) is 12.2. The van der Waals surface area contributed by atoms with Crippen LogP contribution in [0.1, 0.15) is 62.0 Å². The SMILES string of the molecule is CCC[C@H](O)c1ccc(O)c(O)c1.CC[C@H](O)c1ccc(O)c(O)c1.N[C@@H](Cc1ccc(O)c(O)c1)C(=O)O. The zero-order valence-electron chi connectivity index (χ0n) is 21.8. The molecule has 0 spiro atoms. The molecule has 0 heterocycles. The molecule has 0 fully saturated rings. The highest BCUT2D eigenvalue weighted by molar-refractivity contribution is 5.73. The summed E-state index contributed by atoms with van der Waals surface area (Å²) in [6.07, 6.45) is 1.11. The summed E-state index contributed by atoms with van der Waals surface area (Å²) in [5, 5.41) is 81.8. The van der Waals surface area contributed by atoms with Crippen LogP contribution in [0, 0.1) is 0 Å². The van der Waals surface area contributed by atoms with E-state index in [0.29, 0.717) is 29.5 Å². The van der Waals surface area contributed by atoms with Gasteiger partial charge in [0.15, 0.2) is 34.5 Å². The Morgan fingerprint density at radius 2 is 1.13 bits per heavy atom. The number of nitrogens with two attached hydrogens (primary N) is 1. The molecule has 0 saturated heterocycles. The molecular formula is C28H37NO10. The summed E-state index contributed by atoms with van der Waals surface area (Å²) < 4.78 is 0. The van der Waals surface area contributed by atoms with Crippen LogP contribution in [0.3, 0.4) is 0 Å². The van der Waals surface area contributed by atoms with Gasteiger partial charge in [0.1, 0.15) is 6.04 Å². The molecule has 11 heteroatoms. The lowest BCUT2D eigenvalue weighted by molar-refractivity contribution is -0.138. The normalized spacial score (nSPS) is 12.6. The lowest BCUT2D eigenvalue weighted by Crippen LogP contribution is -2.32. The van der Waals surface area contributed by atoms with Crippen LogP contribution in [0.5, 0.6) is 34.5 Å². The van der Waals surface area contributed by atoms with Crippen LogP contribution < -0.4 is 5.73 Å². The van der Waals surface area contributed by atoms with Crippen molar-refractivity contribution in [1.29, 1.82) is 0 Å². The molecule has 3 atom stereocenters. The summed E-state index contributed by atoms with van der Waals surface area (Å²) in [4.78, 5) is 10.4. The predicted octanol–water partition coefficient (Wildman–Crippen LogP) is 3.52. The van der Waals surface area contributed by atoms with Crippen molar-refractivity contribution < 1.29 is 50.8 Å². The van der Waals surface area contributed by atoms with Crippen molar-refractivity contribution in [3.63, 3.8) is 0 Å². The van der Waals surface area contributed by atoms with E-state index in [1.54, 1.807) is 12.1 Å². The van der Waals surface area contributed by atoms with Crippen molar-refractivity contribution >= 4 is 5.97 Å². The summed E-state index contributed by atoms with van der Waals surface area (Å²) in [7, 11) is 0. The van der Waals surface area contributed by atoms with Gasteiger partial charge in [-0.15, -0.1) is 0 Å². The van der Waals surface area contributed by atoms with Crippen molar-refractivity contribution in [2.24, 2.45) is 5.73 Å². The van der Waals surface area contributed by atoms with Crippen LogP contribution in [-0.2, 0) is 11.2 Å². The van der Waals surface area contributed by atoms with Gasteiger partial charge in [-0.3, -0.25) is 4.79 Å². The van der Waals surface area contributed by atoms with E-state index in [2.05, 4.69) is 0 Å². The Kier molecular flexibility index (Phi) is 13.4. The van der Waals surface area contributed by atoms with Crippen molar-refractivity contribution in [1.82, 2.24) is 0 Å². The number of rotatable bonds is 8. The van der Waals surface area contributed by atoms with Gasteiger partial charge < -0.3 is 51.7 Å². The minimum Gasteiger partial charge on any atom is -0.504 e. The number of aliphatic hydroxyl groups excluding tert-OH is 2. The zero-order chi connectivity index (χ0) is 29.7. The second-order valence-corrected chi connectivity index (χ2v) is 8.70. The van der Waals surface area contributed by atoms with Gasteiger partial charge in [-0.2, -0.15) is 0 Å². The number of hydrogen-bond acceptors (Lipinski definition) is 10. The number of aromatic hydroxyl groups is 6. The van der Waals surface area contributed by atoms with Gasteiger partial charge >= 0.3 is 5.97 Å². The smallest absolute Gasteiger partial charge is 0.320 e. The summed E-state index contributed by atoms with van der Waals surface area (Å²) in [5.41, 5.74) is 7.11. The van der Waals surface area contributed by atoms with E-state index in [0.717, 1.165) is 6.42 Å². The van der Waals surface area contributed by atoms with Crippen LogP contribution in [-0.4, -0.2) is 58.0 Å². The van der Waals surface area contributed by atoms with E-state index in [-0.39, 0.29) is 40.9 Å². The topological polar surface area (TPSA) is 225 Å². The fourth-order valence-corrected chi connectivity index (χ4v) is 3.21. The average Bonchev–Trinajstić information content (AvgIpc) is 2.89. The number of carbonyl (C=O) groups is 1. The van der Waals surface area contributed by atoms with E-state index in [1.807, 2.05) is 13.8 Å². The van der Waals surface area contributed by atoms with Gasteiger partial charge in [0, 0.05) is 0 Å². The highest BCUT2D eigenvalue weighted by Crippen LogP contribution is 2.30. The molecule has 0 aliphatic heterocycles. The van der Waals surface area contributed by atoms with Gasteiger partial charge in [0.25, 0.3) is 0 Å². The third-order valence-electron chi connectivity index (χ3n) is 5.53. The maximum Gasteiger partial charge on any atom is 0.320 e. The van der Waals surface area contributed by atoms with Crippen molar-refractivity contribution in [2.75, 3.05) is 0 Å². The number of aliphatic carboxylic acids is 1. The number of phenols is 6. The van der Waals surface area contributed by atoms with Crippen LogP contribution >= 0.6 is 0 Å².